The summed E-state index contributed by atoms with van der Waals surface area (Å²) < 4.78 is 0. The van der Waals surface area contributed by atoms with E-state index >= 15 is 0 Å². The molecule has 0 atom stereocenters. The number of carboxylic acid groups (broad SMARTS) is 1. The van der Waals surface area contributed by atoms with E-state index in [0.717, 1.165) is 29.0 Å². The summed E-state index contributed by atoms with van der Waals surface area (Å²) in [6.07, 6.45) is 3.78. The maximum atomic E-state index is 13.0. The fourth-order valence-electron chi connectivity index (χ4n) is 4.23. The number of para-hydroxylation sites is 1. The SMILES string of the molecule is CC1=NN(c2cccc(C(=O)O)c2)C(=O)/C1=N\Nc1cccc(C2=Cc3ccccc3CC2)c1O. The Morgan fingerprint density at radius 1 is 1.06 bits per heavy atom. The number of benzene rings is 3. The number of hydrogen-bond acceptors (Lipinski definition) is 6. The van der Waals surface area contributed by atoms with E-state index in [1.807, 2.05) is 24.3 Å². The molecule has 174 valence electrons. The second kappa shape index (κ2) is 8.90. The molecule has 8 heteroatoms. The van der Waals surface area contributed by atoms with Crippen LogP contribution in [-0.2, 0) is 11.2 Å². The molecule has 3 N–H and O–H groups in total. The second-order valence-corrected chi connectivity index (χ2v) is 8.30. The molecule has 3 aromatic carbocycles. The van der Waals surface area contributed by atoms with Gasteiger partial charge in [-0.25, -0.2) is 4.79 Å². The summed E-state index contributed by atoms with van der Waals surface area (Å²) in [4.78, 5) is 24.2. The van der Waals surface area contributed by atoms with E-state index in [-0.39, 0.29) is 17.0 Å². The molecule has 0 unspecified atom stereocenters. The van der Waals surface area contributed by atoms with Gasteiger partial charge in [-0.1, -0.05) is 48.5 Å². The molecule has 8 nitrogen and oxygen atoms in total. The Labute approximate surface area is 201 Å². The van der Waals surface area contributed by atoms with Crippen molar-refractivity contribution in [2.45, 2.75) is 19.8 Å². The lowest BCUT2D eigenvalue weighted by Crippen LogP contribution is -2.28. The number of hydrogen-bond donors (Lipinski definition) is 3. The number of hydrazone groups is 2. The van der Waals surface area contributed by atoms with Crippen LogP contribution in [0.2, 0.25) is 0 Å². The number of aryl methyl sites for hydroxylation is 1. The van der Waals surface area contributed by atoms with E-state index in [1.165, 1.54) is 17.7 Å². The summed E-state index contributed by atoms with van der Waals surface area (Å²) in [7, 11) is 0. The van der Waals surface area contributed by atoms with Crippen LogP contribution in [0.15, 0.2) is 76.9 Å². The van der Waals surface area contributed by atoms with E-state index in [0.29, 0.717) is 22.6 Å². The molecule has 0 aromatic heterocycles. The molecule has 0 spiro atoms. The van der Waals surface area contributed by atoms with Crippen LogP contribution in [-0.4, -0.2) is 33.5 Å². The highest BCUT2D eigenvalue weighted by atomic mass is 16.4. The summed E-state index contributed by atoms with van der Waals surface area (Å²) in [5, 5.41) is 29.7. The average Bonchev–Trinajstić information content (AvgIpc) is 3.16. The fourth-order valence-corrected chi connectivity index (χ4v) is 4.23. The number of amides is 1. The van der Waals surface area contributed by atoms with Crippen molar-refractivity contribution in [3.8, 4) is 5.75 Å². The maximum absolute atomic E-state index is 13.0. The molecular formula is C27H22N4O4. The zero-order valence-corrected chi connectivity index (χ0v) is 18.9. The minimum Gasteiger partial charge on any atom is -0.505 e. The van der Waals surface area contributed by atoms with E-state index in [4.69, 9.17) is 0 Å². The van der Waals surface area contributed by atoms with Gasteiger partial charge >= 0.3 is 11.9 Å². The quantitative estimate of drug-likeness (QED) is 0.370. The predicted octanol–water partition coefficient (Wildman–Crippen LogP) is 4.77. The zero-order valence-electron chi connectivity index (χ0n) is 18.9. The molecular weight excluding hydrogens is 444 g/mol. The van der Waals surface area contributed by atoms with Crippen LogP contribution in [0.5, 0.6) is 5.75 Å². The van der Waals surface area contributed by atoms with Gasteiger partial charge in [0.1, 0.15) is 5.75 Å². The Morgan fingerprint density at radius 3 is 2.69 bits per heavy atom. The second-order valence-electron chi connectivity index (χ2n) is 8.30. The van der Waals surface area contributed by atoms with E-state index in [9.17, 15) is 19.8 Å². The molecule has 0 saturated heterocycles. The number of allylic oxidation sites excluding steroid dienone is 1. The normalized spacial score (nSPS) is 16.1. The standard InChI is InChI=1S/C27H22N4O4/c1-16-24(26(33)31(30-16)21-9-4-8-20(15-21)27(34)35)29-28-23-11-5-10-22(25(23)32)19-13-12-17-6-2-3-7-18(17)14-19/h2-11,14-15,28,32H,12-13H2,1H3,(H,34,35)/b29-24-. The van der Waals surface area contributed by atoms with Crippen molar-refractivity contribution in [1.82, 2.24) is 0 Å². The lowest BCUT2D eigenvalue weighted by atomic mass is 9.88. The number of carbonyl (C=O) groups is 2. The van der Waals surface area contributed by atoms with Crippen molar-refractivity contribution in [3.05, 3.63) is 89.0 Å². The molecule has 35 heavy (non-hydrogen) atoms. The largest absolute Gasteiger partial charge is 0.505 e. The van der Waals surface area contributed by atoms with Gasteiger partial charge in [0.2, 0.25) is 0 Å². The van der Waals surface area contributed by atoms with Crippen LogP contribution >= 0.6 is 0 Å². The number of rotatable bonds is 5. The van der Waals surface area contributed by atoms with Gasteiger partial charge in [-0.15, -0.1) is 0 Å². The van der Waals surface area contributed by atoms with Crippen LogP contribution < -0.4 is 10.4 Å². The van der Waals surface area contributed by atoms with Crippen molar-refractivity contribution in [2.75, 3.05) is 10.4 Å². The topological polar surface area (TPSA) is 115 Å². The fraction of sp³-hybridized carbons (Fsp3) is 0.111. The van der Waals surface area contributed by atoms with Crippen molar-refractivity contribution in [1.29, 1.82) is 0 Å². The van der Waals surface area contributed by atoms with Crippen molar-refractivity contribution in [3.63, 3.8) is 0 Å². The molecule has 2 aliphatic rings. The van der Waals surface area contributed by atoms with Crippen LogP contribution in [0.4, 0.5) is 11.4 Å². The predicted molar refractivity (Wildman–Crippen MR) is 136 cm³/mol. The highest BCUT2D eigenvalue weighted by Gasteiger charge is 2.31. The number of aromatic hydroxyl groups is 1. The summed E-state index contributed by atoms with van der Waals surface area (Å²) in [5.74, 6) is -1.55. The molecule has 0 fully saturated rings. The number of aromatic carboxylic acids is 1. The number of anilines is 2. The zero-order chi connectivity index (χ0) is 24.5. The highest BCUT2D eigenvalue weighted by molar-refractivity contribution is 6.71. The van der Waals surface area contributed by atoms with Gasteiger partial charge in [-0.3, -0.25) is 10.2 Å². The van der Waals surface area contributed by atoms with Crippen LogP contribution in [0.3, 0.4) is 0 Å². The van der Waals surface area contributed by atoms with Crippen LogP contribution in [0, 0.1) is 0 Å². The number of fused-ring (bicyclic) bond motifs is 1. The number of phenols is 1. The molecule has 0 bridgehead atoms. The molecule has 1 aliphatic heterocycles. The van der Waals surface area contributed by atoms with Crippen molar-refractivity contribution in [2.24, 2.45) is 10.2 Å². The first-order valence-corrected chi connectivity index (χ1v) is 11.1. The van der Waals surface area contributed by atoms with Gasteiger partial charge in [-0.05, 0) is 60.7 Å². The van der Waals surface area contributed by atoms with E-state index in [1.54, 1.807) is 25.1 Å². The molecule has 1 heterocycles. The molecule has 3 aromatic rings. The smallest absolute Gasteiger partial charge is 0.335 e. The first-order chi connectivity index (χ1) is 16.9. The van der Waals surface area contributed by atoms with Crippen molar-refractivity contribution < 1.29 is 19.8 Å². The number of carboxylic acids is 1. The van der Waals surface area contributed by atoms with Crippen molar-refractivity contribution >= 4 is 46.3 Å². The first kappa shape index (κ1) is 22.1. The summed E-state index contributed by atoms with van der Waals surface area (Å²) in [6, 6.07) is 19.5. The average molecular weight is 466 g/mol. The minimum atomic E-state index is -1.10. The minimum absolute atomic E-state index is 0.0491. The third kappa shape index (κ3) is 4.17. The van der Waals surface area contributed by atoms with Gasteiger partial charge in [0.15, 0.2) is 5.71 Å². The van der Waals surface area contributed by atoms with Gasteiger partial charge in [-0.2, -0.15) is 15.2 Å². The lowest BCUT2D eigenvalue weighted by Gasteiger charge is -2.18. The Morgan fingerprint density at radius 2 is 1.86 bits per heavy atom. The number of nitrogens with zero attached hydrogens (tertiary/aromatic N) is 3. The molecule has 0 radical (unpaired) electrons. The van der Waals surface area contributed by atoms with Crippen LogP contribution in [0.25, 0.3) is 11.6 Å². The molecule has 0 saturated carbocycles. The number of carbonyl (C=O) groups excluding carboxylic acids is 1. The third-order valence-corrected chi connectivity index (χ3v) is 6.04. The Balaban J connectivity index is 1.40. The Hall–Kier alpha value is -4.72. The lowest BCUT2D eigenvalue weighted by molar-refractivity contribution is -0.112. The third-order valence-electron chi connectivity index (χ3n) is 6.04. The van der Waals surface area contributed by atoms with E-state index < -0.39 is 11.9 Å². The Bertz CT molecular complexity index is 1460. The van der Waals surface area contributed by atoms with E-state index in [2.05, 4.69) is 33.8 Å². The number of nitrogens with one attached hydrogen (secondary N) is 1. The summed E-state index contributed by atoms with van der Waals surface area (Å²) in [5.41, 5.74) is 8.14. The summed E-state index contributed by atoms with van der Waals surface area (Å²) in [6.45, 7) is 1.64. The van der Waals surface area contributed by atoms with Gasteiger partial charge in [0.05, 0.1) is 22.6 Å². The van der Waals surface area contributed by atoms with Crippen LogP contribution in [0.1, 0.15) is 40.4 Å². The molecule has 5 rings (SSSR count). The maximum Gasteiger partial charge on any atom is 0.335 e. The van der Waals surface area contributed by atoms with Gasteiger partial charge < -0.3 is 10.2 Å². The monoisotopic (exact) mass is 466 g/mol. The first-order valence-electron chi connectivity index (χ1n) is 11.1. The van der Waals surface area contributed by atoms with Gasteiger partial charge in [0, 0.05) is 5.56 Å². The molecule has 1 aliphatic carbocycles. The highest BCUT2D eigenvalue weighted by Crippen LogP contribution is 2.38. The van der Waals surface area contributed by atoms with Gasteiger partial charge in [0.25, 0.3) is 0 Å². The summed E-state index contributed by atoms with van der Waals surface area (Å²) >= 11 is 0. The Kier molecular flexibility index (Phi) is 5.62. The number of phenolic OH excluding ortho intramolecular Hbond substituents is 1. The molecule has 1 amide bonds.